The fraction of sp³-hybridized carbons (Fsp3) is 0.629. The van der Waals surface area contributed by atoms with Gasteiger partial charge in [-0.15, -0.1) is 0 Å². The van der Waals surface area contributed by atoms with E-state index in [2.05, 4.69) is 16.0 Å². The Morgan fingerprint density at radius 2 is 1.07 bits per heavy atom. The minimum absolute atomic E-state index is 0.0556. The fourth-order valence-electron chi connectivity index (χ4n) is 5.08. The summed E-state index contributed by atoms with van der Waals surface area (Å²) in [6, 6.07) is -2.81. The SMILES string of the molecule is CC(=O)N[C@@H](CCCN(O)C(=O)/C=C(\C)CCO)C(=O)OCC/C(C)=C/C(=O)N(O)CCC[C@@H]1NC(=O)[C@H](CCCN(O)C(=O)/C=C(\C)CCO)NC1=O. The molecule has 0 aromatic heterocycles. The number of hydrogen-bond donors (Lipinski definition) is 8. The number of hydrogen-bond acceptors (Lipinski definition) is 13. The van der Waals surface area contributed by atoms with Gasteiger partial charge in [-0.05, 0) is 72.1 Å². The second kappa shape index (κ2) is 25.4. The lowest BCUT2D eigenvalue weighted by Gasteiger charge is -2.30. The van der Waals surface area contributed by atoms with Crippen LogP contribution in [0, 0.1) is 0 Å². The molecule has 1 fully saturated rings. The summed E-state index contributed by atoms with van der Waals surface area (Å²) in [5.74, 6) is -4.25. The van der Waals surface area contributed by atoms with E-state index in [1.54, 1.807) is 20.8 Å². The Bertz CT molecular complexity index is 1400. The molecule has 0 saturated carbocycles. The topological polar surface area (TPSA) is 276 Å². The first kappa shape index (κ1) is 47.3. The molecule has 0 aromatic rings. The molecule has 0 bridgehead atoms. The van der Waals surface area contributed by atoms with Crippen LogP contribution < -0.4 is 16.0 Å². The van der Waals surface area contributed by atoms with Crippen molar-refractivity contribution in [3.05, 3.63) is 34.9 Å². The number of carbonyl (C=O) groups is 7. The highest BCUT2D eigenvalue weighted by atomic mass is 16.5. The molecular formula is C35H56N6O13. The van der Waals surface area contributed by atoms with Gasteiger partial charge in [0.25, 0.3) is 17.7 Å². The van der Waals surface area contributed by atoms with Crippen LogP contribution in [0.1, 0.15) is 85.5 Å². The number of carbonyl (C=O) groups excluding carboxylic acids is 7. The summed E-state index contributed by atoms with van der Waals surface area (Å²) < 4.78 is 5.26. The molecule has 54 heavy (non-hydrogen) atoms. The first-order valence-electron chi connectivity index (χ1n) is 17.8. The van der Waals surface area contributed by atoms with Crippen molar-refractivity contribution in [3.8, 4) is 0 Å². The van der Waals surface area contributed by atoms with Gasteiger partial charge in [0.2, 0.25) is 17.7 Å². The molecule has 0 aromatic carbocycles. The van der Waals surface area contributed by atoms with E-state index in [0.29, 0.717) is 38.3 Å². The Hall–Kier alpha value is -4.69. The van der Waals surface area contributed by atoms with E-state index in [4.69, 9.17) is 14.9 Å². The highest BCUT2D eigenvalue weighted by molar-refractivity contribution is 5.97. The van der Waals surface area contributed by atoms with Gasteiger partial charge < -0.3 is 30.9 Å². The number of hydroxylamine groups is 6. The third-order valence-electron chi connectivity index (χ3n) is 8.14. The number of esters is 1. The molecular weight excluding hydrogens is 712 g/mol. The predicted molar refractivity (Wildman–Crippen MR) is 190 cm³/mol. The van der Waals surface area contributed by atoms with Crippen molar-refractivity contribution in [2.24, 2.45) is 0 Å². The lowest BCUT2D eigenvalue weighted by atomic mass is 10.0. The van der Waals surface area contributed by atoms with E-state index < -0.39 is 59.5 Å². The van der Waals surface area contributed by atoms with E-state index in [9.17, 15) is 49.2 Å². The minimum Gasteiger partial charge on any atom is -0.464 e. The van der Waals surface area contributed by atoms with Crippen LogP contribution in [0.4, 0.5) is 0 Å². The second-order valence-electron chi connectivity index (χ2n) is 13.0. The van der Waals surface area contributed by atoms with Gasteiger partial charge in [0.1, 0.15) is 18.1 Å². The van der Waals surface area contributed by atoms with Crippen LogP contribution in [0.25, 0.3) is 0 Å². The van der Waals surface area contributed by atoms with Crippen LogP contribution in [-0.4, -0.2) is 140 Å². The highest BCUT2D eigenvalue weighted by Crippen LogP contribution is 2.11. The van der Waals surface area contributed by atoms with Crippen molar-refractivity contribution in [3.63, 3.8) is 0 Å². The first-order chi connectivity index (χ1) is 25.5. The van der Waals surface area contributed by atoms with Crippen molar-refractivity contribution >= 4 is 41.4 Å². The van der Waals surface area contributed by atoms with Gasteiger partial charge >= 0.3 is 5.97 Å². The molecule has 1 rings (SSSR count). The number of amides is 6. The van der Waals surface area contributed by atoms with Crippen LogP contribution in [0.2, 0.25) is 0 Å². The number of aliphatic hydroxyl groups excluding tert-OH is 2. The second-order valence-corrected chi connectivity index (χ2v) is 13.0. The summed E-state index contributed by atoms with van der Waals surface area (Å²) >= 11 is 0. The Morgan fingerprint density at radius 1 is 0.685 bits per heavy atom. The zero-order valence-corrected chi connectivity index (χ0v) is 31.4. The van der Waals surface area contributed by atoms with E-state index in [1.807, 2.05) is 0 Å². The number of ether oxygens (including phenoxy) is 1. The van der Waals surface area contributed by atoms with Crippen LogP contribution >= 0.6 is 0 Å². The maximum absolute atomic E-state index is 12.6. The number of piperazine rings is 1. The molecule has 3 atom stereocenters. The normalized spacial score (nSPS) is 16.9. The molecule has 0 aliphatic carbocycles. The lowest BCUT2D eigenvalue weighted by Crippen LogP contribution is -2.61. The number of rotatable bonds is 24. The molecule has 19 nitrogen and oxygen atoms in total. The maximum Gasteiger partial charge on any atom is 0.328 e. The van der Waals surface area contributed by atoms with Crippen molar-refractivity contribution in [2.45, 2.75) is 104 Å². The van der Waals surface area contributed by atoms with Crippen LogP contribution in [0.15, 0.2) is 34.9 Å². The first-order valence-corrected chi connectivity index (χ1v) is 17.8. The molecule has 1 aliphatic rings. The van der Waals surface area contributed by atoms with Gasteiger partial charge in [-0.1, -0.05) is 16.7 Å². The molecule has 6 amide bonds. The van der Waals surface area contributed by atoms with Crippen molar-refractivity contribution in [1.29, 1.82) is 0 Å². The van der Waals surface area contributed by atoms with Gasteiger partial charge in [0.15, 0.2) is 0 Å². The van der Waals surface area contributed by atoms with Gasteiger partial charge in [-0.2, -0.15) is 0 Å². The summed E-state index contributed by atoms with van der Waals surface area (Å²) in [6.45, 7) is 5.30. The van der Waals surface area contributed by atoms with Crippen molar-refractivity contribution in [1.82, 2.24) is 31.1 Å². The number of nitrogens with one attached hydrogen (secondary N) is 3. The third kappa shape index (κ3) is 18.9. The van der Waals surface area contributed by atoms with E-state index >= 15 is 0 Å². The van der Waals surface area contributed by atoms with Crippen LogP contribution in [0.5, 0.6) is 0 Å². The van der Waals surface area contributed by atoms with E-state index in [1.165, 1.54) is 19.1 Å². The molecule has 8 N–H and O–H groups in total. The Morgan fingerprint density at radius 3 is 1.46 bits per heavy atom. The summed E-state index contributed by atoms with van der Waals surface area (Å²) in [4.78, 5) is 85.9. The zero-order valence-electron chi connectivity index (χ0n) is 31.4. The predicted octanol–water partition coefficient (Wildman–Crippen LogP) is 0.00530. The summed E-state index contributed by atoms with van der Waals surface area (Å²) in [5, 5.41) is 57.0. The van der Waals surface area contributed by atoms with Crippen molar-refractivity contribution in [2.75, 3.05) is 39.5 Å². The number of nitrogens with zero attached hydrogens (tertiary/aromatic N) is 3. The minimum atomic E-state index is -1.05. The average Bonchev–Trinajstić information content (AvgIpc) is 3.09. The standard InChI is InChI=1S/C35H56N6O13/c1-23(11-17-42)20-30(45)39(51)14-5-8-27-33(48)38-28(34(49)37-27)9-6-15-40(52)32(47)22-25(3)13-19-54-35(50)29(36-26(4)44)10-7-16-41(53)31(46)21-24(2)12-18-43/h20-22,27-29,42-43,51-53H,5-19H2,1-4H3,(H,36,44)(H,37,49)(H,38,48)/b23-20+,24-21+,25-22+/t27-,28-,29-/m0/s1. The summed E-state index contributed by atoms with van der Waals surface area (Å²) in [5.41, 5.74) is 1.64. The Labute approximate surface area is 314 Å². The molecule has 1 heterocycles. The molecule has 19 heteroatoms. The lowest BCUT2D eigenvalue weighted by molar-refractivity contribution is -0.160. The van der Waals surface area contributed by atoms with Crippen molar-refractivity contribution < 1.29 is 64.1 Å². The van der Waals surface area contributed by atoms with Gasteiger partial charge in [-0.25, -0.2) is 20.0 Å². The molecule has 0 spiro atoms. The van der Waals surface area contributed by atoms with Gasteiger partial charge in [0.05, 0.1) is 6.61 Å². The van der Waals surface area contributed by atoms with Gasteiger partial charge in [-0.3, -0.25) is 44.4 Å². The van der Waals surface area contributed by atoms with E-state index in [0.717, 1.165) is 6.08 Å². The smallest absolute Gasteiger partial charge is 0.328 e. The monoisotopic (exact) mass is 768 g/mol. The maximum atomic E-state index is 12.6. The van der Waals surface area contributed by atoms with Gasteiger partial charge in [0, 0.05) is 64.4 Å². The molecule has 304 valence electrons. The molecule has 1 aliphatic heterocycles. The quantitative estimate of drug-likeness (QED) is 0.0279. The summed E-state index contributed by atoms with van der Waals surface area (Å²) in [7, 11) is 0. The van der Waals surface area contributed by atoms with Crippen LogP contribution in [-0.2, 0) is 38.3 Å². The number of aliphatic hydroxyl groups is 2. The zero-order chi connectivity index (χ0) is 40.8. The molecule has 0 unspecified atom stereocenters. The Balaban J connectivity index is 2.47. The third-order valence-corrected chi connectivity index (χ3v) is 8.14. The van der Waals surface area contributed by atoms with Crippen LogP contribution in [0.3, 0.4) is 0 Å². The molecule has 0 radical (unpaired) electrons. The Kier molecular flexibility index (Phi) is 22.2. The largest absolute Gasteiger partial charge is 0.464 e. The highest BCUT2D eigenvalue weighted by Gasteiger charge is 2.33. The summed E-state index contributed by atoms with van der Waals surface area (Å²) in [6.07, 6.45) is 5.09. The van der Waals surface area contributed by atoms with E-state index in [-0.39, 0.29) is 90.8 Å². The molecule has 1 saturated heterocycles. The average molecular weight is 769 g/mol. The fourth-order valence-corrected chi connectivity index (χ4v) is 5.08.